The van der Waals surface area contributed by atoms with Crippen molar-refractivity contribution in [2.75, 3.05) is 19.8 Å². The smallest absolute Gasteiger partial charge is 0.313 e. The number of aliphatic hydroxyl groups is 1. The van der Waals surface area contributed by atoms with Crippen LogP contribution < -0.4 is 0 Å². The summed E-state index contributed by atoms with van der Waals surface area (Å²) in [5.41, 5.74) is -2.39. The lowest BCUT2D eigenvalue weighted by Gasteiger charge is -2.40. The fourth-order valence-electron chi connectivity index (χ4n) is 6.03. The summed E-state index contributed by atoms with van der Waals surface area (Å²) in [6.45, 7) is 7.97. The zero-order valence-corrected chi connectivity index (χ0v) is 20.0. The molecule has 0 radical (unpaired) electrons. The standard InChI is InChI=1S/C25H36N2O6/c1-5-17(15-28)27-20-22(30)26(16(2)3)13-10-12-25(20)18(21(27)29)19-23(31)32-14-9-7-6-8-11-24(19,4)33-25/h8,10-12,16-20,28H,5-7,9,13-15H2,1-4H3/b11-8-/t17-,18-,19+,20?,24-,25-/m0/s1. The number of nitrogens with zero attached hydrogens (tertiary/aromatic N) is 2. The maximum absolute atomic E-state index is 14.0. The largest absolute Gasteiger partial charge is 0.465 e. The zero-order chi connectivity index (χ0) is 24.0. The summed E-state index contributed by atoms with van der Waals surface area (Å²) in [5, 5.41) is 10.1. The molecule has 0 aliphatic carbocycles. The van der Waals surface area contributed by atoms with Crippen molar-refractivity contribution in [1.29, 1.82) is 0 Å². The first-order chi connectivity index (χ1) is 15.7. The minimum Gasteiger partial charge on any atom is -0.465 e. The molecule has 1 spiro atoms. The molecule has 4 aliphatic rings. The Labute approximate surface area is 195 Å². The van der Waals surface area contributed by atoms with Gasteiger partial charge in [-0.2, -0.15) is 0 Å². The van der Waals surface area contributed by atoms with E-state index >= 15 is 0 Å². The first-order valence-electron chi connectivity index (χ1n) is 12.2. The molecule has 2 fully saturated rings. The molecule has 0 saturated carbocycles. The number of allylic oxidation sites excluding steroid dienone is 1. The summed E-state index contributed by atoms with van der Waals surface area (Å²) in [6.07, 6.45) is 10.5. The second-order valence-corrected chi connectivity index (χ2v) is 10.0. The van der Waals surface area contributed by atoms with Gasteiger partial charge in [-0.3, -0.25) is 14.4 Å². The number of hydrogen-bond donors (Lipinski definition) is 1. The van der Waals surface area contributed by atoms with E-state index in [0.717, 1.165) is 19.3 Å². The minimum atomic E-state index is -1.31. The average Bonchev–Trinajstić information content (AvgIpc) is 3.09. The predicted octanol–water partition coefficient (Wildman–Crippen LogP) is 1.82. The monoisotopic (exact) mass is 460 g/mol. The number of ether oxygens (including phenoxy) is 2. The third kappa shape index (κ3) is 3.62. The maximum atomic E-state index is 14.0. The first-order valence-corrected chi connectivity index (χ1v) is 12.2. The molecule has 1 N–H and O–H groups in total. The van der Waals surface area contributed by atoms with E-state index in [2.05, 4.69) is 0 Å². The highest BCUT2D eigenvalue weighted by Gasteiger charge is 2.75. The number of carbonyl (C=O) groups excluding carboxylic acids is 3. The van der Waals surface area contributed by atoms with Crippen molar-refractivity contribution in [3.63, 3.8) is 0 Å². The fourth-order valence-corrected chi connectivity index (χ4v) is 6.03. The van der Waals surface area contributed by atoms with Gasteiger partial charge in [-0.1, -0.05) is 31.2 Å². The summed E-state index contributed by atoms with van der Waals surface area (Å²) < 4.78 is 12.3. The molecule has 4 rings (SSSR count). The molecule has 0 aromatic heterocycles. The Bertz CT molecular complexity index is 865. The van der Waals surface area contributed by atoms with E-state index in [9.17, 15) is 19.5 Å². The van der Waals surface area contributed by atoms with E-state index in [1.807, 2.05) is 52.0 Å². The van der Waals surface area contributed by atoms with Crippen LogP contribution in [0.25, 0.3) is 0 Å². The van der Waals surface area contributed by atoms with Gasteiger partial charge in [0.15, 0.2) is 0 Å². The van der Waals surface area contributed by atoms with Crippen molar-refractivity contribution in [3.8, 4) is 0 Å². The maximum Gasteiger partial charge on any atom is 0.313 e. The van der Waals surface area contributed by atoms with E-state index in [1.165, 1.54) is 4.90 Å². The molecular formula is C25H36N2O6. The minimum absolute atomic E-state index is 0.0786. The number of cyclic esters (lactones) is 1. The predicted molar refractivity (Wildman–Crippen MR) is 121 cm³/mol. The van der Waals surface area contributed by atoms with Gasteiger partial charge in [0, 0.05) is 12.6 Å². The molecule has 182 valence electrons. The third-order valence-electron chi connectivity index (χ3n) is 7.67. The zero-order valence-electron chi connectivity index (χ0n) is 20.0. The van der Waals surface area contributed by atoms with Crippen LogP contribution in [0.4, 0.5) is 0 Å². The molecule has 1 unspecified atom stereocenters. The van der Waals surface area contributed by atoms with E-state index in [1.54, 1.807) is 4.90 Å². The Morgan fingerprint density at radius 3 is 2.55 bits per heavy atom. The van der Waals surface area contributed by atoms with Gasteiger partial charge >= 0.3 is 5.97 Å². The van der Waals surface area contributed by atoms with Gasteiger partial charge in [-0.25, -0.2) is 0 Å². The van der Waals surface area contributed by atoms with Crippen LogP contribution in [-0.2, 0) is 23.9 Å². The number of esters is 1. The highest BCUT2D eigenvalue weighted by molar-refractivity contribution is 5.99. The summed E-state index contributed by atoms with van der Waals surface area (Å²) in [6, 6.07) is -1.58. The normalized spacial score (nSPS) is 38.5. The van der Waals surface area contributed by atoms with Crippen molar-refractivity contribution in [2.45, 2.75) is 82.7 Å². The van der Waals surface area contributed by atoms with Gasteiger partial charge in [0.05, 0.1) is 30.8 Å². The molecule has 4 aliphatic heterocycles. The van der Waals surface area contributed by atoms with Gasteiger partial charge in [0.25, 0.3) is 0 Å². The second-order valence-electron chi connectivity index (χ2n) is 10.0. The first kappa shape index (κ1) is 24.0. The van der Waals surface area contributed by atoms with Crippen LogP contribution in [0, 0.1) is 11.8 Å². The van der Waals surface area contributed by atoms with Crippen LogP contribution in [0.1, 0.15) is 53.4 Å². The van der Waals surface area contributed by atoms with E-state index in [4.69, 9.17) is 9.47 Å². The Hall–Kier alpha value is -2.19. The van der Waals surface area contributed by atoms with Gasteiger partial charge < -0.3 is 24.4 Å². The summed E-state index contributed by atoms with van der Waals surface area (Å²) in [5.74, 6) is -2.81. The number of fused-ring (bicyclic) bond motifs is 2. The molecule has 2 saturated heterocycles. The van der Waals surface area contributed by atoms with E-state index in [-0.39, 0.29) is 24.5 Å². The quantitative estimate of drug-likeness (QED) is 0.508. The van der Waals surface area contributed by atoms with Crippen molar-refractivity contribution in [1.82, 2.24) is 9.80 Å². The Balaban J connectivity index is 1.90. The number of likely N-dealkylation sites (tertiary alicyclic amines) is 1. The SMILES string of the molecule is CC[C@@H](CO)N1C(=O)[C@@H]2[C@@H]3C(=O)OCCCC/C=C\[C@]3(C)O[C@@]23C=CCN(C(C)C)C(=O)C13. The molecule has 6 atom stereocenters. The van der Waals surface area contributed by atoms with Crippen molar-refractivity contribution in [2.24, 2.45) is 11.8 Å². The van der Waals surface area contributed by atoms with Crippen LogP contribution in [0.5, 0.6) is 0 Å². The third-order valence-corrected chi connectivity index (χ3v) is 7.67. The number of hydrogen-bond acceptors (Lipinski definition) is 6. The van der Waals surface area contributed by atoms with E-state index in [0.29, 0.717) is 19.6 Å². The lowest BCUT2D eigenvalue weighted by atomic mass is 9.74. The van der Waals surface area contributed by atoms with Crippen LogP contribution >= 0.6 is 0 Å². The summed E-state index contributed by atoms with van der Waals surface area (Å²) in [4.78, 5) is 44.5. The number of carbonyl (C=O) groups is 3. The molecule has 4 heterocycles. The fraction of sp³-hybridized carbons (Fsp3) is 0.720. The van der Waals surface area contributed by atoms with Gasteiger partial charge in [0.1, 0.15) is 17.6 Å². The lowest BCUT2D eigenvalue weighted by molar-refractivity contribution is -0.162. The molecule has 2 amide bonds. The molecule has 8 nitrogen and oxygen atoms in total. The lowest BCUT2D eigenvalue weighted by Crippen LogP contribution is -2.59. The van der Waals surface area contributed by atoms with Crippen LogP contribution in [0.15, 0.2) is 24.3 Å². The van der Waals surface area contributed by atoms with Crippen LogP contribution in [-0.4, -0.2) is 81.8 Å². The van der Waals surface area contributed by atoms with Crippen LogP contribution in [0.3, 0.4) is 0 Å². The number of rotatable bonds is 4. The highest BCUT2D eigenvalue weighted by atomic mass is 16.6. The molecule has 33 heavy (non-hydrogen) atoms. The Kier molecular flexibility index (Phi) is 6.44. The highest BCUT2D eigenvalue weighted by Crippen LogP contribution is 2.57. The van der Waals surface area contributed by atoms with Crippen molar-refractivity contribution >= 4 is 17.8 Å². The summed E-state index contributed by atoms with van der Waals surface area (Å²) in [7, 11) is 0. The Morgan fingerprint density at radius 1 is 1.12 bits per heavy atom. The molecular weight excluding hydrogens is 424 g/mol. The molecule has 8 heteroatoms. The Morgan fingerprint density at radius 2 is 1.88 bits per heavy atom. The topological polar surface area (TPSA) is 96.4 Å². The number of aliphatic hydroxyl groups excluding tert-OH is 1. The van der Waals surface area contributed by atoms with Gasteiger partial charge in [0.2, 0.25) is 11.8 Å². The van der Waals surface area contributed by atoms with Crippen LogP contribution in [0.2, 0.25) is 0 Å². The van der Waals surface area contributed by atoms with Gasteiger partial charge in [-0.05, 0) is 46.5 Å². The van der Waals surface area contributed by atoms with Crippen molar-refractivity contribution < 1.29 is 29.0 Å². The summed E-state index contributed by atoms with van der Waals surface area (Å²) >= 11 is 0. The molecule has 0 bridgehead atoms. The second kappa shape index (κ2) is 8.87. The van der Waals surface area contributed by atoms with Crippen molar-refractivity contribution in [3.05, 3.63) is 24.3 Å². The number of amides is 2. The van der Waals surface area contributed by atoms with E-state index < -0.39 is 41.1 Å². The molecule has 0 aromatic carbocycles. The molecule has 0 aromatic rings. The van der Waals surface area contributed by atoms with Gasteiger partial charge in [-0.15, -0.1) is 0 Å². The average molecular weight is 461 g/mol.